The molecular weight excluding hydrogens is 234 g/mol. The van der Waals surface area contributed by atoms with Crippen LogP contribution in [-0.4, -0.2) is 16.1 Å². The Morgan fingerprint density at radius 2 is 2.23 bits per heavy atom. The number of aromatic amines is 1. The predicted octanol–water partition coefficient (Wildman–Crippen LogP) is 2.63. The zero-order valence-corrected chi connectivity index (χ0v) is 8.13. The maximum Gasteiger partial charge on any atom is 0.352 e. The Balaban J connectivity index is 2.75. The van der Waals surface area contributed by atoms with Gasteiger partial charge in [-0.25, -0.2) is 4.79 Å². The van der Waals surface area contributed by atoms with Crippen molar-refractivity contribution in [3.63, 3.8) is 0 Å². The molecule has 1 aromatic carbocycles. The van der Waals surface area contributed by atoms with Crippen molar-refractivity contribution in [3.05, 3.63) is 34.4 Å². The zero-order valence-electron chi connectivity index (χ0n) is 6.54. The van der Waals surface area contributed by atoms with E-state index in [1.807, 2.05) is 18.2 Å². The van der Waals surface area contributed by atoms with E-state index in [1.54, 1.807) is 6.07 Å². The highest BCUT2D eigenvalue weighted by Crippen LogP contribution is 2.23. The summed E-state index contributed by atoms with van der Waals surface area (Å²) in [6, 6.07) is 7.21. The number of rotatable bonds is 1. The highest BCUT2D eigenvalue weighted by atomic mass is 79.9. The monoisotopic (exact) mass is 239 g/mol. The molecule has 0 atom stereocenters. The van der Waals surface area contributed by atoms with Gasteiger partial charge in [-0.3, -0.25) is 0 Å². The third-order valence-electron chi connectivity index (χ3n) is 1.84. The molecule has 0 bridgehead atoms. The molecule has 0 saturated heterocycles. The van der Waals surface area contributed by atoms with E-state index in [9.17, 15) is 4.79 Å². The molecule has 13 heavy (non-hydrogen) atoms. The molecule has 1 aromatic heterocycles. The molecule has 66 valence electrons. The lowest BCUT2D eigenvalue weighted by Crippen LogP contribution is -1.94. The smallest absolute Gasteiger partial charge is 0.352 e. The number of H-pyrrole nitrogens is 1. The summed E-state index contributed by atoms with van der Waals surface area (Å²) in [4.78, 5) is 13.5. The first kappa shape index (κ1) is 8.31. The molecule has 2 rings (SSSR count). The van der Waals surface area contributed by atoms with Crippen molar-refractivity contribution in [1.82, 2.24) is 4.98 Å². The van der Waals surface area contributed by atoms with Crippen molar-refractivity contribution < 1.29 is 9.90 Å². The molecule has 0 radical (unpaired) electrons. The summed E-state index contributed by atoms with van der Waals surface area (Å²) in [5.74, 6) is -0.942. The molecular formula is C9H6BrNO2. The second-order valence-corrected chi connectivity index (χ2v) is 3.55. The van der Waals surface area contributed by atoms with E-state index in [-0.39, 0.29) is 5.69 Å². The highest BCUT2D eigenvalue weighted by molar-refractivity contribution is 9.10. The van der Waals surface area contributed by atoms with Crippen LogP contribution in [0.25, 0.3) is 10.9 Å². The number of halogens is 1. The lowest BCUT2D eigenvalue weighted by molar-refractivity contribution is 0.0691. The van der Waals surface area contributed by atoms with Gasteiger partial charge in [-0.05, 0) is 28.1 Å². The number of hydrogen-bond donors (Lipinski definition) is 2. The van der Waals surface area contributed by atoms with Crippen molar-refractivity contribution in [3.8, 4) is 0 Å². The largest absolute Gasteiger partial charge is 0.477 e. The van der Waals surface area contributed by atoms with Gasteiger partial charge >= 0.3 is 5.97 Å². The van der Waals surface area contributed by atoms with Crippen LogP contribution in [0.3, 0.4) is 0 Å². The number of hydrogen-bond acceptors (Lipinski definition) is 1. The number of aromatic carboxylic acids is 1. The molecule has 0 aliphatic rings. The Morgan fingerprint density at radius 3 is 2.85 bits per heavy atom. The van der Waals surface area contributed by atoms with Gasteiger partial charge in [0.2, 0.25) is 0 Å². The van der Waals surface area contributed by atoms with Crippen LogP contribution in [0.4, 0.5) is 0 Å². The fourth-order valence-electron chi connectivity index (χ4n) is 1.23. The molecule has 0 saturated carbocycles. The highest BCUT2D eigenvalue weighted by Gasteiger charge is 2.08. The minimum Gasteiger partial charge on any atom is -0.477 e. The fourth-order valence-corrected chi connectivity index (χ4v) is 1.72. The second kappa shape index (κ2) is 2.88. The Kier molecular flexibility index (Phi) is 1.84. The minimum atomic E-state index is -0.942. The molecule has 0 unspecified atom stereocenters. The van der Waals surface area contributed by atoms with Crippen molar-refractivity contribution in [2.45, 2.75) is 0 Å². The number of carboxylic acids is 1. The average molecular weight is 240 g/mol. The number of fused-ring (bicyclic) bond motifs is 1. The topological polar surface area (TPSA) is 53.1 Å². The molecule has 1 heterocycles. The Hall–Kier alpha value is -1.29. The van der Waals surface area contributed by atoms with Gasteiger partial charge in [0.25, 0.3) is 0 Å². The van der Waals surface area contributed by atoms with Gasteiger partial charge in [0.05, 0.1) is 5.52 Å². The van der Waals surface area contributed by atoms with E-state index >= 15 is 0 Å². The number of carboxylic acid groups (broad SMARTS) is 1. The number of para-hydroxylation sites is 1. The molecule has 0 aliphatic heterocycles. The lowest BCUT2D eigenvalue weighted by atomic mass is 10.2. The Morgan fingerprint density at radius 1 is 1.46 bits per heavy atom. The standard InChI is InChI=1S/C9H6BrNO2/c10-6-3-1-2-5-4-7(9(12)13)11-8(5)6/h1-4,11H,(H,12,13). The third-order valence-corrected chi connectivity index (χ3v) is 2.50. The maximum absolute atomic E-state index is 10.6. The van der Waals surface area contributed by atoms with Crippen molar-refractivity contribution >= 4 is 32.8 Å². The zero-order chi connectivity index (χ0) is 9.42. The van der Waals surface area contributed by atoms with Crippen molar-refractivity contribution in [2.75, 3.05) is 0 Å². The number of carbonyl (C=O) groups is 1. The van der Waals surface area contributed by atoms with Crippen molar-refractivity contribution in [2.24, 2.45) is 0 Å². The van der Waals surface area contributed by atoms with Crippen LogP contribution in [0.1, 0.15) is 10.5 Å². The fraction of sp³-hybridized carbons (Fsp3) is 0. The summed E-state index contributed by atoms with van der Waals surface area (Å²) < 4.78 is 0.873. The molecule has 0 spiro atoms. The van der Waals surface area contributed by atoms with Crippen LogP contribution < -0.4 is 0 Å². The summed E-state index contributed by atoms with van der Waals surface area (Å²) in [6.45, 7) is 0. The average Bonchev–Trinajstić information content (AvgIpc) is 2.49. The van der Waals surface area contributed by atoms with E-state index in [1.165, 1.54) is 0 Å². The predicted molar refractivity (Wildman–Crippen MR) is 53.0 cm³/mol. The molecule has 0 amide bonds. The molecule has 2 aromatic rings. The quantitative estimate of drug-likeness (QED) is 0.804. The van der Waals surface area contributed by atoms with Crippen LogP contribution in [-0.2, 0) is 0 Å². The van der Waals surface area contributed by atoms with Crippen LogP contribution in [0.2, 0.25) is 0 Å². The van der Waals surface area contributed by atoms with Crippen LogP contribution in [0.5, 0.6) is 0 Å². The summed E-state index contributed by atoms with van der Waals surface area (Å²) in [7, 11) is 0. The van der Waals surface area contributed by atoms with E-state index in [4.69, 9.17) is 5.11 Å². The number of nitrogens with one attached hydrogen (secondary N) is 1. The summed E-state index contributed by atoms with van der Waals surface area (Å²) >= 11 is 3.34. The van der Waals surface area contributed by atoms with Gasteiger partial charge in [0, 0.05) is 9.86 Å². The van der Waals surface area contributed by atoms with Crippen LogP contribution in [0, 0.1) is 0 Å². The Labute approximate surface area is 82.5 Å². The van der Waals surface area contributed by atoms with Gasteiger partial charge in [-0.2, -0.15) is 0 Å². The number of benzene rings is 1. The first-order valence-corrected chi connectivity index (χ1v) is 4.48. The summed E-state index contributed by atoms with van der Waals surface area (Å²) in [5.41, 5.74) is 1.03. The molecule has 3 nitrogen and oxygen atoms in total. The van der Waals surface area contributed by atoms with Crippen molar-refractivity contribution in [1.29, 1.82) is 0 Å². The molecule has 4 heteroatoms. The van der Waals surface area contributed by atoms with Gasteiger partial charge in [-0.1, -0.05) is 12.1 Å². The van der Waals surface area contributed by atoms with Gasteiger partial charge in [0.15, 0.2) is 0 Å². The van der Waals surface area contributed by atoms with Gasteiger partial charge < -0.3 is 10.1 Å². The first-order chi connectivity index (χ1) is 6.18. The first-order valence-electron chi connectivity index (χ1n) is 3.69. The number of aromatic nitrogens is 1. The third kappa shape index (κ3) is 1.33. The van der Waals surface area contributed by atoms with E-state index < -0.39 is 5.97 Å². The molecule has 2 N–H and O–H groups in total. The Bertz CT molecular complexity index is 475. The van der Waals surface area contributed by atoms with Crippen LogP contribution >= 0.6 is 15.9 Å². The molecule has 0 aliphatic carbocycles. The summed E-state index contributed by atoms with van der Waals surface area (Å²) in [6.07, 6.45) is 0. The van der Waals surface area contributed by atoms with E-state index in [2.05, 4.69) is 20.9 Å². The SMILES string of the molecule is O=C(O)c1cc2cccc(Br)c2[nH]1. The maximum atomic E-state index is 10.6. The normalized spacial score (nSPS) is 10.5. The second-order valence-electron chi connectivity index (χ2n) is 2.69. The minimum absolute atomic E-state index is 0.210. The molecule has 0 fully saturated rings. The summed E-state index contributed by atoms with van der Waals surface area (Å²) in [5, 5.41) is 9.63. The van der Waals surface area contributed by atoms with E-state index in [0.717, 1.165) is 15.4 Å². The lowest BCUT2D eigenvalue weighted by Gasteiger charge is -1.91. The van der Waals surface area contributed by atoms with Gasteiger partial charge in [-0.15, -0.1) is 0 Å². The van der Waals surface area contributed by atoms with Gasteiger partial charge in [0.1, 0.15) is 5.69 Å². The van der Waals surface area contributed by atoms with Crippen LogP contribution in [0.15, 0.2) is 28.7 Å². The van der Waals surface area contributed by atoms with E-state index in [0.29, 0.717) is 0 Å².